The molecule has 0 spiro atoms. The molecule has 0 radical (unpaired) electrons. The second-order valence-corrected chi connectivity index (χ2v) is 4.25. The van der Waals surface area contributed by atoms with Gasteiger partial charge in [-0.3, -0.25) is 4.99 Å². The zero-order valence-corrected chi connectivity index (χ0v) is 11.8. The largest absolute Gasteiger partial charge is 0.493 e. The molecule has 0 saturated carbocycles. The number of carboxylic acid groups (broad SMARTS) is 1. The van der Waals surface area contributed by atoms with Crippen LogP contribution in [-0.4, -0.2) is 30.9 Å². The Kier molecular flexibility index (Phi) is 6.23. The molecule has 0 aliphatic carbocycles. The highest BCUT2D eigenvalue weighted by Gasteiger charge is 2.06. The van der Waals surface area contributed by atoms with Crippen molar-refractivity contribution >= 4 is 12.2 Å². The number of benzene rings is 1. The van der Waals surface area contributed by atoms with Gasteiger partial charge in [-0.1, -0.05) is 18.7 Å². The third kappa shape index (κ3) is 4.72. The average molecular weight is 273 g/mol. The highest BCUT2D eigenvalue weighted by atomic mass is 16.5. The lowest BCUT2D eigenvalue weighted by molar-refractivity contribution is 0.0696. The minimum absolute atomic E-state index is 0.264. The van der Waals surface area contributed by atoms with Gasteiger partial charge >= 0.3 is 5.97 Å². The van der Waals surface area contributed by atoms with Gasteiger partial charge in [0.25, 0.3) is 0 Å². The SMILES string of the molecule is C=C/C=C(\C=NC)CCOc1ccc(C(=O)O)cc1C. The second kappa shape index (κ2) is 7.94. The smallest absolute Gasteiger partial charge is 0.335 e. The van der Waals surface area contributed by atoms with Crippen molar-refractivity contribution in [1.29, 1.82) is 0 Å². The zero-order valence-electron chi connectivity index (χ0n) is 11.8. The van der Waals surface area contributed by atoms with E-state index >= 15 is 0 Å². The molecule has 0 amide bonds. The van der Waals surface area contributed by atoms with Gasteiger partial charge in [0.2, 0.25) is 0 Å². The molecule has 0 atom stereocenters. The van der Waals surface area contributed by atoms with E-state index in [9.17, 15) is 4.79 Å². The number of hydrogen-bond acceptors (Lipinski definition) is 3. The summed E-state index contributed by atoms with van der Waals surface area (Å²) in [6, 6.07) is 4.83. The third-order valence-corrected chi connectivity index (χ3v) is 2.70. The van der Waals surface area contributed by atoms with Crippen molar-refractivity contribution in [2.45, 2.75) is 13.3 Å². The van der Waals surface area contributed by atoms with E-state index < -0.39 is 5.97 Å². The van der Waals surface area contributed by atoms with Gasteiger partial charge in [0, 0.05) is 19.7 Å². The summed E-state index contributed by atoms with van der Waals surface area (Å²) in [5, 5.41) is 8.89. The topological polar surface area (TPSA) is 58.9 Å². The van der Waals surface area contributed by atoms with E-state index in [1.165, 1.54) is 0 Å². The van der Waals surface area contributed by atoms with Gasteiger partial charge in [0.15, 0.2) is 0 Å². The normalized spacial score (nSPS) is 11.6. The Morgan fingerprint density at radius 2 is 2.25 bits per heavy atom. The van der Waals surface area contributed by atoms with E-state index in [0.717, 1.165) is 11.1 Å². The first kappa shape index (κ1) is 15.7. The van der Waals surface area contributed by atoms with Crippen LogP contribution >= 0.6 is 0 Å². The molecular weight excluding hydrogens is 254 g/mol. The van der Waals surface area contributed by atoms with Gasteiger partial charge in [-0.05, 0) is 36.3 Å². The zero-order chi connectivity index (χ0) is 15.0. The Morgan fingerprint density at radius 3 is 2.80 bits per heavy atom. The Labute approximate surface area is 119 Å². The van der Waals surface area contributed by atoms with Gasteiger partial charge in [-0.15, -0.1) is 0 Å². The number of aliphatic imine (C=N–C) groups is 1. The van der Waals surface area contributed by atoms with Crippen LogP contribution in [0.25, 0.3) is 0 Å². The van der Waals surface area contributed by atoms with Gasteiger partial charge < -0.3 is 9.84 Å². The highest BCUT2D eigenvalue weighted by molar-refractivity contribution is 5.88. The summed E-state index contributed by atoms with van der Waals surface area (Å²) in [5.74, 6) is -0.239. The van der Waals surface area contributed by atoms with E-state index in [1.807, 2.05) is 13.0 Å². The van der Waals surface area contributed by atoms with Crippen molar-refractivity contribution in [3.8, 4) is 5.75 Å². The minimum atomic E-state index is -0.935. The van der Waals surface area contributed by atoms with Crippen LogP contribution in [0.1, 0.15) is 22.3 Å². The molecule has 1 N–H and O–H groups in total. The number of allylic oxidation sites excluding steroid dienone is 2. The molecule has 0 fully saturated rings. The van der Waals surface area contributed by atoms with E-state index in [-0.39, 0.29) is 5.56 Å². The summed E-state index contributed by atoms with van der Waals surface area (Å²) in [4.78, 5) is 14.8. The molecule has 0 aliphatic rings. The van der Waals surface area contributed by atoms with Crippen LogP contribution in [-0.2, 0) is 0 Å². The van der Waals surface area contributed by atoms with E-state index in [4.69, 9.17) is 9.84 Å². The minimum Gasteiger partial charge on any atom is -0.493 e. The monoisotopic (exact) mass is 273 g/mol. The first-order valence-corrected chi connectivity index (χ1v) is 6.29. The van der Waals surface area contributed by atoms with Crippen LogP contribution in [0.2, 0.25) is 0 Å². The molecular formula is C16H19NO3. The summed E-state index contributed by atoms with van der Waals surface area (Å²) in [7, 11) is 1.71. The summed E-state index contributed by atoms with van der Waals surface area (Å²) >= 11 is 0. The predicted octanol–water partition coefficient (Wildman–Crippen LogP) is 3.28. The van der Waals surface area contributed by atoms with E-state index in [1.54, 1.807) is 37.5 Å². The standard InChI is InChI=1S/C16H19NO3/c1-4-5-13(11-17-3)8-9-20-15-7-6-14(16(18)19)10-12(15)2/h4-7,10-11H,1,8-9H2,2-3H3,(H,18,19)/b13-5-,17-11?. The van der Waals surface area contributed by atoms with Crippen molar-refractivity contribution in [3.63, 3.8) is 0 Å². The highest BCUT2D eigenvalue weighted by Crippen LogP contribution is 2.19. The van der Waals surface area contributed by atoms with Crippen molar-refractivity contribution in [2.75, 3.05) is 13.7 Å². The fourth-order valence-corrected chi connectivity index (χ4v) is 1.73. The van der Waals surface area contributed by atoms with Crippen LogP contribution in [0.15, 0.2) is 47.5 Å². The van der Waals surface area contributed by atoms with E-state index in [2.05, 4.69) is 11.6 Å². The molecule has 0 bridgehead atoms. The lowest BCUT2D eigenvalue weighted by Crippen LogP contribution is -2.03. The van der Waals surface area contributed by atoms with Crippen molar-refractivity contribution in [3.05, 3.63) is 53.6 Å². The summed E-state index contributed by atoms with van der Waals surface area (Å²) < 4.78 is 5.66. The van der Waals surface area contributed by atoms with Crippen LogP contribution in [0, 0.1) is 6.92 Å². The number of nitrogens with zero attached hydrogens (tertiary/aromatic N) is 1. The molecule has 0 heterocycles. The fraction of sp³-hybridized carbons (Fsp3) is 0.250. The molecule has 0 saturated heterocycles. The molecule has 20 heavy (non-hydrogen) atoms. The predicted molar refractivity (Wildman–Crippen MR) is 80.9 cm³/mol. The number of hydrogen-bond donors (Lipinski definition) is 1. The third-order valence-electron chi connectivity index (χ3n) is 2.70. The summed E-state index contributed by atoms with van der Waals surface area (Å²) in [6.45, 7) is 5.98. The van der Waals surface area contributed by atoms with Crippen LogP contribution in [0.4, 0.5) is 0 Å². The van der Waals surface area contributed by atoms with Gasteiger partial charge in [-0.25, -0.2) is 4.79 Å². The molecule has 0 aromatic heterocycles. The molecule has 106 valence electrons. The van der Waals surface area contributed by atoms with Gasteiger partial charge in [0.05, 0.1) is 12.2 Å². The molecule has 4 heteroatoms. The Morgan fingerprint density at radius 1 is 1.50 bits per heavy atom. The summed E-state index contributed by atoms with van der Waals surface area (Å²) in [6.07, 6.45) is 6.08. The fourth-order valence-electron chi connectivity index (χ4n) is 1.73. The second-order valence-electron chi connectivity index (χ2n) is 4.25. The molecule has 1 aromatic carbocycles. The Bertz CT molecular complexity index is 545. The van der Waals surface area contributed by atoms with Crippen LogP contribution < -0.4 is 4.74 Å². The Balaban J connectivity index is 2.64. The number of aryl methyl sites for hydroxylation is 1. The maximum Gasteiger partial charge on any atom is 0.335 e. The van der Waals surface area contributed by atoms with Crippen LogP contribution in [0.3, 0.4) is 0 Å². The first-order chi connectivity index (χ1) is 9.58. The lowest BCUT2D eigenvalue weighted by Gasteiger charge is -2.10. The van der Waals surface area contributed by atoms with Crippen molar-refractivity contribution < 1.29 is 14.6 Å². The van der Waals surface area contributed by atoms with E-state index in [0.29, 0.717) is 18.8 Å². The molecule has 0 aliphatic heterocycles. The quantitative estimate of drug-likeness (QED) is 0.612. The maximum absolute atomic E-state index is 10.8. The molecule has 1 rings (SSSR count). The average Bonchev–Trinajstić information content (AvgIpc) is 2.40. The van der Waals surface area contributed by atoms with Gasteiger partial charge in [-0.2, -0.15) is 0 Å². The van der Waals surface area contributed by atoms with Crippen LogP contribution in [0.5, 0.6) is 5.75 Å². The Hall–Kier alpha value is -2.36. The molecule has 4 nitrogen and oxygen atoms in total. The van der Waals surface area contributed by atoms with Crippen molar-refractivity contribution in [2.24, 2.45) is 4.99 Å². The number of ether oxygens (including phenoxy) is 1. The summed E-state index contributed by atoms with van der Waals surface area (Å²) in [5.41, 5.74) is 2.10. The number of rotatable bonds is 7. The van der Waals surface area contributed by atoms with Crippen molar-refractivity contribution in [1.82, 2.24) is 0 Å². The number of aromatic carboxylic acids is 1. The maximum atomic E-state index is 10.8. The number of carboxylic acids is 1. The van der Waals surface area contributed by atoms with Gasteiger partial charge in [0.1, 0.15) is 5.75 Å². The molecule has 0 unspecified atom stereocenters. The first-order valence-electron chi connectivity index (χ1n) is 6.29. The lowest BCUT2D eigenvalue weighted by atomic mass is 10.1. The molecule has 1 aromatic rings. The number of carbonyl (C=O) groups is 1.